The third-order valence-electron chi connectivity index (χ3n) is 4.53. The summed E-state index contributed by atoms with van der Waals surface area (Å²) in [5.74, 6) is 2.01. The van der Waals surface area contributed by atoms with Crippen molar-refractivity contribution in [1.29, 1.82) is 0 Å². The van der Waals surface area contributed by atoms with Gasteiger partial charge < -0.3 is 20.1 Å². The average Bonchev–Trinajstić information content (AvgIpc) is 2.56. The zero-order valence-corrected chi connectivity index (χ0v) is 14.3. The van der Waals surface area contributed by atoms with Crippen molar-refractivity contribution in [2.24, 2.45) is 0 Å². The standard InChI is InChI=1S/C19H21N3O3/c1-11-5-14(21-11)10-24-15-3-4-16-17-7-19(22-12(2)23)20-8-13(17)9-25-18(16)6-15/h3-4,6-8,11,14,21H,5,9-10H2,1-2H3,(H,20,22,23). The fraction of sp³-hybridized carbons (Fsp3) is 0.368. The van der Waals surface area contributed by atoms with Gasteiger partial charge in [0, 0.05) is 42.4 Å². The first-order valence-electron chi connectivity index (χ1n) is 8.51. The second kappa shape index (κ2) is 6.37. The zero-order valence-electron chi connectivity index (χ0n) is 14.3. The summed E-state index contributed by atoms with van der Waals surface area (Å²) in [6, 6.07) is 8.79. The van der Waals surface area contributed by atoms with E-state index in [1.54, 1.807) is 6.20 Å². The van der Waals surface area contributed by atoms with Crippen molar-refractivity contribution in [1.82, 2.24) is 10.3 Å². The number of benzene rings is 1. The molecule has 25 heavy (non-hydrogen) atoms. The number of ether oxygens (including phenoxy) is 2. The van der Waals surface area contributed by atoms with Crippen LogP contribution in [0.15, 0.2) is 30.5 Å². The molecule has 2 unspecified atom stereocenters. The molecule has 0 aliphatic carbocycles. The van der Waals surface area contributed by atoms with Crippen LogP contribution in [-0.4, -0.2) is 29.6 Å². The van der Waals surface area contributed by atoms with Gasteiger partial charge in [-0.05, 0) is 37.1 Å². The van der Waals surface area contributed by atoms with Crippen molar-refractivity contribution in [2.45, 2.75) is 39.0 Å². The van der Waals surface area contributed by atoms with Gasteiger partial charge in [0.2, 0.25) is 5.91 Å². The summed E-state index contributed by atoms with van der Waals surface area (Å²) in [6.45, 7) is 4.77. The van der Waals surface area contributed by atoms with Crippen LogP contribution in [0.4, 0.5) is 5.82 Å². The monoisotopic (exact) mass is 339 g/mol. The molecular weight excluding hydrogens is 318 g/mol. The molecule has 6 nitrogen and oxygen atoms in total. The number of aromatic nitrogens is 1. The second-order valence-electron chi connectivity index (χ2n) is 6.67. The van der Waals surface area contributed by atoms with E-state index in [4.69, 9.17) is 9.47 Å². The van der Waals surface area contributed by atoms with E-state index < -0.39 is 0 Å². The first kappa shape index (κ1) is 15.9. The van der Waals surface area contributed by atoms with Gasteiger partial charge in [-0.3, -0.25) is 4.79 Å². The van der Waals surface area contributed by atoms with E-state index in [1.165, 1.54) is 6.92 Å². The molecule has 2 aliphatic heterocycles. The number of pyridine rings is 1. The van der Waals surface area contributed by atoms with Crippen molar-refractivity contribution >= 4 is 11.7 Å². The minimum Gasteiger partial charge on any atom is -0.492 e. The Labute approximate surface area is 146 Å². The summed E-state index contributed by atoms with van der Waals surface area (Å²) < 4.78 is 11.7. The first-order chi connectivity index (χ1) is 12.1. The highest BCUT2D eigenvalue weighted by atomic mass is 16.5. The molecule has 4 rings (SSSR count). The van der Waals surface area contributed by atoms with E-state index >= 15 is 0 Å². The SMILES string of the molecule is CC(=O)Nc1cc2c(cn1)COc1cc(OCC3CC(C)N3)ccc1-2. The molecule has 1 fully saturated rings. The number of nitrogens with zero attached hydrogens (tertiary/aromatic N) is 1. The molecule has 0 bridgehead atoms. The predicted octanol–water partition coefficient (Wildman–Crippen LogP) is 2.73. The largest absolute Gasteiger partial charge is 0.492 e. The molecule has 0 spiro atoms. The maximum Gasteiger partial charge on any atom is 0.222 e. The van der Waals surface area contributed by atoms with Crippen LogP contribution < -0.4 is 20.1 Å². The van der Waals surface area contributed by atoms with E-state index in [0.29, 0.717) is 31.1 Å². The number of fused-ring (bicyclic) bond motifs is 3. The summed E-state index contributed by atoms with van der Waals surface area (Å²) in [7, 11) is 0. The molecule has 3 heterocycles. The molecule has 1 saturated heterocycles. The molecule has 2 aromatic rings. The lowest BCUT2D eigenvalue weighted by molar-refractivity contribution is -0.114. The number of carbonyl (C=O) groups excluding carboxylic acids is 1. The highest BCUT2D eigenvalue weighted by molar-refractivity contribution is 5.89. The van der Waals surface area contributed by atoms with Crippen molar-refractivity contribution in [3.05, 3.63) is 36.0 Å². The number of rotatable bonds is 4. The van der Waals surface area contributed by atoms with Crippen molar-refractivity contribution < 1.29 is 14.3 Å². The Bertz CT molecular complexity index is 816. The Hall–Kier alpha value is -2.60. The van der Waals surface area contributed by atoms with Gasteiger partial charge in [-0.15, -0.1) is 0 Å². The average molecular weight is 339 g/mol. The lowest BCUT2D eigenvalue weighted by Crippen LogP contribution is -2.53. The van der Waals surface area contributed by atoms with Crippen LogP contribution in [0.25, 0.3) is 11.1 Å². The number of hydrogen-bond donors (Lipinski definition) is 2. The number of nitrogens with one attached hydrogen (secondary N) is 2. The topological polar surface area (TPSA) is 72.5 Å². The van der Waals surface area contributed by atoms with E-state index in [1.807, 2.05) is 24.3 Å². The first-order valence-corrected chi connectivity index (χ1v) is 8.51. The van der Waals surface area contributed by atoms with Gasteiger partial charge >= 0.3 is 0 Å². The van der Waals surface area contributed by atoms with Crippen molar-refractivity contribution in [2.75, 3.05) is 11.9 Å². The van der Waals surface area contributed by atoms with Gasteiger partial charge in [0.25, 0.3) is 0 Å². The minimum absolute atomic E-state index is 0.137. The molecule has 0 saturated carbocycles. The van der Waals surface area contributed by atoms with E-state index in [-0.39, 0.29) is 5.91 Å². The van der Waals surface area contributed by atoms with Crippen LogP contribution in [0.3, 0.4) is 0 Å². The van der Waals surface area contributed by atoms with Gasteiger partial charge in [-0.1, -0.05) is 0 Å². The van der Waals surface area contributed by atoms with Crippen LogP contribution in [-0.2, 0) is 11.4 Å². The van der Waals surface area contributed by atoms with Crippen LogP contribution in [0.5, 0.6) is 11.5 Å². The van der Waals surface area contributed by atoms with E-state index in [0.717, 1.165) is 34.6 Å². The molecule has 2 atom stereocenters. The highest BCUT2D eigenvalue weighted by Crippen LogP contribution is 2.40. The van der Waals surface area contributed by atoms with Gasteiger partial charge in [0.15, 0.2) is 0 Å². The maximum atomic E-state index is 11.3. The fourth-order valence-corrected chi connectivity index (χ4v) is 3.31. The summed E-state index contributed by atoms with van der Waals surface area (Å²) in [5.41, 5.74) is 3.02. The van der Waals surface area contributed by atoms with Gasteiger partial charge in [-0.25, -0.2) is 4.98 Å². The van der Waals surface area contributed by atoms with E-state index in [9.17, 15) is 4.79 Å². The van der Waals surface area contributed by atoms with Gasteiger partial charge in [0.05, 0.1) is 0 Å². The smallest absolute Gasteiger partial charge is 0.222 e. The highest BCUT2D eigenvalue weighted by Gasteiger charge is 2.25. The zero-order chi connectivity index (χ0) is 17.4. The predicted molar refractivity (Wildman–Crippen MR) is 94.8 cm³/mol. The molecule has 1 aromatic heterocycles. The quantitative estimate of drug-likeness (QED) is 0.896. The Balaban J connectivity index is 1.54. The van der Waals surface area contributed by atoms with Crippen LogP contribution in [0.2, 0.25) is 0 Å². The lowest BCUT2D eigenvalue weighted by atomic mass is 9.98. The number of hydrogen-bond acceptors (Lipinski definition) is 5. The molecule has 1 amide bonds. The number of amides is 1. The summed E-state index contributed by atoms with van der Waals surface area (Å²) in [4.78, 5) is 15.5. The molecule has 6 heteroatoms. The minimum atomic E-state index is -0.137. The van der Waals surface area contributed by atoms with Crippen molar-refractivity contribution in [3.8, 4) is 22.6 Å². The van der Waals surface area contributed by atoms with Crippen molar-refractivity contribution in [3.63, 3.8) is 0 Å². The third kappa shape index (κ3) is 3.30. The summed E-state index contributed by atoms with van der Waals surface area (Å²) in [6.07, 6.45) is 2.89. The summed E-state index contributed by atoms with van der Waals surface area (Å²) >= 11 is 0. The van der Waals surface area contributed by atoms with Gasteiger partial charge in [-0.2, -0.15) is 0 Å². The van der Waals surface area contributed by atoms with Crippen LogP contribution in [0, 0.1) is 0 Å². The normalized spacial score (nSPS) is 20.6. The lowest BCUT2D eigenvalue weighted by Gasteiger charge is -2.34. The van der Waals surface area contributed by atoms with Gasteiger partial charge in [0.1, 0.15) is 30.5 Å². The van der Waals surface area contributed by atoms with Crippen LogP contribution in [0.1, 0.15) is 25.8 Å². The second-order valence-corrected chi connectivity index (χ2v) is 6.67. The fourth-order valence-electron chi connectivity index (χ4n) is 3.31. The van der Waals surface area contributed by atoms with E-state index in [2.05, 4.69) is 22.5 Å². The Morgan fingerprint density at radius 3 is 3.00 bits per heavy atom. The third-order valence-corrected chi connectivity index (χ3v) is 4.53. The molecule has 1 aromatic carbocycles. The Kier molecular flexibility index (Phi) is 4.05. The molecule has 2 N–H and O–H groups in total. The molecule has 2 aliphatic rings. The molecule has 0 radical (unpaired) electrons. The summed E-state index contributed by atoms with van der Waals surface area (Å²) in [5, 5.41) is 6.14. The maximum absolute atomic E-state index is 11.3. The molecular formula is C19H21N3O3. The van der Waals surface area contributed by atoms with Crippen LogP contribution >= 0.6 is 0 Å². The number of anilines is 1. The Morgan fingerprint density at radius 2 is 2.24 bits per heavy atom. The molecule has 130 valence electrons. The number of carbonyl (C=O) groups is 1. The Morgan fingerprint density at radius 1 is 1.40 bits per heavy atom.